The molecule has 0 unspecified atom stereocenters. The number of nitrogens with zero attached hydrogens (tertiary/aromatic N) is 1. The van der Waals surface area contributed by atoms with Crippen LogP contribution in [0.1, 0.15) is 28.9 Å². The van der Waals surface area contributed by atoms with Crippen LogP contribution in [0.4, 0.5) is 0 Å². The molecule has 0 bridgehead atoms. The van der Waals surface area contributed by atoms with Crippen molar-refractivity contribution in [2.75, 3.05) is 6.54 Å². The molecular formula is C11H14ClN3O2. The van der Waals surface area contributed by atoms with Gasteiger partial charge in [-0.15, -0.1) is 0 Å². The van der Waals surface area contributed by atoms with Crippen molar-refractivity contribution in [2.24, 2.45) is 5.73 Å². The second kappa shape index (κ2) is 6.20. The first-order valence-corrected chi connectivity index (χ1v) is 5.57. The van der Waals surface area contributed by atoms with Gasteiger partial charge in [0.15, 0.2) is 0 Å². The van der Waals surface area contributed by atoms with E-state index in [0.29, 0.717) is 23.6 Å². The highest BCUT2D eigenvalue weighted by Gasteiger charge is 2.10. The van der Waals surface area contributed by atoms with Gasteiger partial charge in [-0.25, -0.2) is 0 Å². The molecular weight excluding hydrogens is 242 g/mol. The fourth-order valence-electron chi connectivity index (χ4n) is 1.25. The van der Waals surface area contributed by atoms with E-state index in [2.05, 4.69) is 10.3 Å². The number of halogens is 1. The summed E-state index contributed by atoms with van der Waals surface area (Å²) in [6.45, 7) is 2.17. The van der Waals surface area contributed by atoms with Gasteiger partial charge in [0.05, 0.1) is 10.6 Å². The third-order valence-corrected chi connectivity index (χ3v) is 2.43. The average molecular weight is 256 g/mol. The molecule has 2 amide bonds. The minimum Gasteiger partial charge on any atom is -0.370 e. The van der Waals surface area contributed by atoms with Gasteiger partial charge < -0.3 is 11.1 Å². The molecule has 0 aromatic carbocycles. The van der Waals surface area contributed by atoms with E-state index in [9.17, 15) is 9.59 Å². The smallest absolute Gasteiger partial charge is 0.254 e. The molecule has 17 heavy (non-hydrogen) atoms. The molecule has 0 aliphatic rings. The molecule has 3 N–H and O–H groups in total. The summed E-state index contributed by atoms with van der Waals surface area (Å²) in [4.78, 5) is 26.2. The van der Waals surface area contributed by atoms with E-state index >= 15 is 0 Å². The molecule has 6 heteroatoms. The van der Waals surface area contributed by atoms with Crippen LogP contribution in [-0.4, -0.2) is 23.3 Å². The Morgan fingerprint density at radius 2 is 2.24 bits per heavy atom. The van der Waals surface area contributed by atoms with Crippen LogP contribution < -0.4 is 11.1 Å². The molecule has 92 valence electrons. The van der Waals surface area contributed by atoms with Crippen molar-refractivity contribution >= 4 is 23.4 Å². The molecule has 1 aromatic heterocycles. The van der Waals surface area contributed by atoms with Gasteiger partial charge >= 0.3 is 0 Å². The van der Waals surface area contributed by atoms with Crippen LogP contribution in [0.2, 0.25) is 5.02 Å². The molecule has 0 atom stereocenters. The van der Waals surface area contributed by atoms with E-state index in [4.69, 9.17) is 17.3 Å². The number of nitrogens with one attached hydrogen (secondary N) is 1. The van der Waals surface area contributed by atoms with Gasteiger partial charge in [0.25, 0.3) is 5.91 Å². The Balaban J connectivity index is 2.50. The average Bonchev–Trinajstić information content (AvgIpc) is 2.23. The number of pyridine rings is 1. The molecule has 5 nitrogen and oxygen atoms in total. The van der Waals surface area contributed by atoms with Gasteiger partial charge in [-0.1, -0.05) is 11.6 Å². The van der Waals surface area contributed by atoms with Crippen molar-refractivity contribution in [3.05, 3.63) is 28.5 Å². The lowest BCUT2D eigenvalue weighted by Crippen LogP contribution is -2.26. The third-order valence-electron chi connectivity index (χ3n) is 2.12. The molecule has 0 aliphatic carbocycles. The molecule has 0 aliphatic heterocycles. The van der Waals surface area contributed by atoms with Crippen LogP contribution in [0.15, 0.2) is 12.3 Å². The number of nitrogens with two attached hydrogens (primary N) is 1. The number of amides is 2. The minimum absolute atomic E-state index is 0.250. The number of hydrogen-bond donors (Lipinski definition) is 2. The first kappa shape index (κ1) is 13.4. The van der Waals surface area contributed by atoms with Gasteiger partial charge in [0.1, 0.15) is 0 Å². The molecule has 1 heterocycles. The Bertz CT molecular complexity index is 435. The molecule has 0 saturated heterocycles. The topological polar surface area (TPSA) is 85.1 Å². The molecule has 0 spiro atoms. The highest BCUT2D eigenvalue weighted by molar-refractivity contribution is 6.33. The fraction of sp³-hybridized carbons (Fsp3) is 0.364. The normalized spacial score (nSPS) is 10.0. The number of primary amides is 1. The predicted molar refractivity (Wildman–Crippen MR) is 64.7 cm³/mol. The minimum atomic E-state index is -0.380. The zero-order valence-corrected chi connectivity index (χ0v) is 10.3. The van der Waals surface area contributed by atoms with Crippen LogP contribution in [0, 0.1) is 6.92 Å². The molecule has 0 saturated carbocycles. The number of aromatic nitrogens is 1. The maximum absolute atomic E-state index is 11.7. The largest absolute Gasteiger partial charge is 0.370 e. The highest BCUT2D eigenvalue weighted by Crippen LogP contribution is 2.15. The van der Waals surface area contributed by atoms with Crippen molar-refractivity contribution in [1.82, 2.24) is 10.3 Å². The Kier molecular flexibility index (Phi) is 4.90. The van der Waals surface area contributed by atoms with Crippen LogP contribution in [-0.2, 0) is 4.79 Å². The standard InChI is InChI=1S/C11H14ClN3O2/c1-7-5-9(12)8(6-15-7)11(17)14-4-2-3-10(13)16/h5-6H,2-4H2,1H3,(H2,13,16)(H,14,17). The Hall–Kier alpha value is -1.62. The third kappa shape index (κ3) is 4.40. The SMILES string of the molecule is Cc1cc(Cl)c(C(=O)NCCCC(N)=O)cn1. The zero-order valence-electron chi connectivity index (χ0n) is 9.50. The monoisotopic (exact) mass is 255 g/mol. The summed E-state index contributed by atoms with van der Waals surface area (Å²) in [6.07, 6.45) is 2.19. The lowest BCUT2D eigenvalue weighted by atomic mass is 10.2. The van der Waals surface area contributed by atoms with Gasteiger partial charge in [0, 0.05) is 24.9 Å². The van der Waals surface area contributed by atoms with Crippen molar-refractivity contribution in [3.8, 4) is 0 Å². The Morgan fingerprint density at radius 3 is 2.82 bits per heavy atom. The van der Waals surface area contributed by atoms with Crippen LogP contribution >= 0.6 is 11.6 Å². The highest BCUT2D eigenvalue weighted by atomic mass is 35.5. The number of rotatable bonds is 5. The Morgan fingerprint density at radius 1 is 1.53 bits per heavy atom. The van der Waals surface area contributed by atoms with Gasteiger partial charge in [0.2, 0.25) is 5.91 Å². The molecule has 0 fully saturated rings. The van der Waals surface area contributed by atoms with E-state index in [0.717, 1.165) is 5.69 Å². The second-order valence-electron chi connectivity index (χ2n) is 3.63. The lowest BCUT2D eigenvalue weighted by Gasteiger charge is -2.06. The van der Waals surface area contributed by atoms with Crippen molar-refractivity contribution in [2.45, 2.75) is 19.8 Å². The molecule has 1 rings (SSSR count). The summed E-state index contributed by atoms with van der Waals surface area (Å²) in [5, 5.41) is 3.01. The quantitative estimate of drug-likeness (QED) is 0.771. The molecule has 0 radical (unpaired) electrons. The maximum atomic E-state index is 11.7. The summed E-state index contributed by atoms with van der Waals surface area (Å²) in [5.41, 5.74) is 6.06. The number of carbonyl (C=O) groups is 2. The summed E-state index contributed by atoms with van der Waals surface area (Å²) in [6, 6.07) is 1.62. The first-order valence-electron chi connectivity index (χ1n) is 5.19. The van der Waals surface area contributed by atoms with Gasteiger partial charge in [-0.3, -0.25) is 14.6 Å². The fourth-order valence-corrected chi connectivity index (χ4v) is 1.55. The summed E-state index contributed by atoms with van der Waals surface area (Å²) in [7, 11) is 0. The number of carbonyl (C=O) groups excluding carboxylic acids is 2. The summed E-state index contributed by atoms with van der Waals surface area (Å²) >= 11 is 5.91. The first-order chi connectivity index (χ1) is 8.00. The summed E-state index contributed by atoms with van der Waals surface area (Å²) < 4.78 is 0. The van der Waals surface area contributed by atoms with E-state index in [-0.39, 0.29) is 18.2 Å². The van der Waals surface area contributed by atoms with E-state index < -0.39 is 0 Å². The predicted octanol–water partition coefficient (Wildman–Crippen LogP) is 1.04. The van der Waals surface area contributed by atoms with Crippen LogP contribution in [0.5, 0.6) is 0 Å². The van der Waals surface area contributed by atoms with Crippen molar-refractivity contribution in [3.63, 3.8) is 0 Å². The van der Waals surface area contributed by atoms with E-state index in [1.54, 1.807) is 13.0 Å². The number of aryl methyl sites for hydroxylation is 1. The van der Waals surface area contributed by atoms with Crippen LogP contribution in [0.25, 0.3) is 0 Å². The zero-order chi connectivity index (χ0) is 12.8. The van der Waals surface area contributed by atoms with Gasteiger partial charge in [-0.2, -0.15) is 0 Å². The summed E-state index contributed by atoms with van der Waals surface area (Å²) in [5.74, 6) is -0.679. The van der Waals surface area contributed by atoms with E-state index in [1.165, 1.54) is 6.20 Å². The van der Waals surface area contributed by atoms with Crippen molar-refractivity contribution in [1.29, 1.82) is 0 Å². The second-order valence-corrected chi connectivity index (χ2v) is 4.04. The van der Waals surface area contributed by atoms with Gasteiger partial charge in [-0.05, 0) is 19.4 Å². The maximum Gasteiger partial charge on any atom is 0.254 e. The van der Waals surface area contributed by atoms with Crippen molar-refractivity contribution < 1.29 is 9.59 Å². The van der Waals surface area contributed by atoms with Crippen LogP contribution in [0.3, 0.4) is 0 Å². The number of hydrogen-bond acceptors (Lipinski definition) is 3. The Labute approximate surface area is 104 Å². The lowest BCUT2D eigenvalue weighted by molar-refractivity contribution is -0.118. The molecule has 1 aromatic rings. The van der Waals surface area contributed by atoms with E-state index in [1.807, 2.05) is 0 Å².